The number of aryl methyl sites for hydroxylation is 1. The quantitative estimate of drug-likeness (QED) is 0.622. The number of hydrogen-bond donors (Lipinski definition) is 0. The third-order valence-corrected chi connectivity index (χ3v) is 4.87. The normalized spacial score (nSPS) is 15.1. The van der Waals surface area contributed by atoms with Crippen molar-refractivity contribution < 1.29 is 0 Å². The zero-order valence-electron chi connectivity index (χ0n) is 13.9. The van der Waals surface area contributed by atoms with Crippen LogP contribution >= 0.6 is 0 Å². The third-order valence-electron chi connectivity index (χ3n) is 4.87. The van der Waals surface area contributed by atoms with E-state index in [1.807, 2.05) is 24.3 Å². The van der Waals surface area contributed by atoms with Gasteiger partial charge in [0.25, 0.3) is 5.56 Å². The average Bonchev–Trinajstić information content (AvgIpc) is 2.64. The highest BCUT2D eigenvalue weighted by Gasteiger charge is 2.26. The fraction of sp³-hybridized carbons (Fsp3) is 0.389. The molecule has 1 aromatic heterocycles. The maximum atomic E-state index is 12.6. The second-order valence-corrected chi connectivity index (χ2v) is 6.15. The highest BCUT2D eigenvalue weighted by molar-refractivity contribution is 5.94. The zero-order chi connectivity index (χ0) is 17.3. The van der Waals surface area contributed by atoms with Crippen LogP contribution in [-0.4, -0.2) is 35.6 Å². The van der Waals surface area contributed by atoms with Crippen LogP contribution < -0.4 is 10.5 Å². The lowest BCUT2D eigenvalue weighted by Gasteiger charge is -2.36. The molecule has 0 bridgehead atoms. The van der Waals surface area contributed by atoms with E-state index in [-0.39, 0.29) is 17.2 Å². The Morgan fingerprint density at radius 1 is 1.21 bits per heavy atom. The summed E-state index contributed by atoms with van der Waals surface area (Å²) < 4.78 is 1.54. The summed E-state index contributed by atoms with van der Waals surface area (Å²) in [6.07, 6.45) is 3.83. The lowest BCUT2D eigenvalue weighted by molar-refractivity contribution is 0.288. The van der Waals surface area contributed by atoms with E-state index in [9.17, 15) is 10.1 Å². The van der Waals surface area contributed by atoms with E-state index in [4.69, 9.17) is 5.26 Å². The van der Waals surface area contributed by atoms with Gasteiger partial charge in [0.15, 0.2) is 6.19 Å². The average molecular weight is 321 g/mol. The van der Waals surface area contributed by atoms with E-state index in [1.165, 1.54) is 4.57 Å². The van der Waals surface area contributed by atoms with Crippen LogP contribution in [0.5, 0.6) is 0 Å². The van der Waals surface area contributed by atoms with Crippen molar-refractivity contribution in [3.05, 3.63) is 40.2 Å². The predicted octanol–water partition coefficient (Wildman–Crippen LogP) is 1.79. The van der Waals surface area contributed by atoms with Gasteiger partial charge in [-0.15, -0.1) is 0 Å². The summed E-state index contributed by atoms with van der Waals surface area (Å²) in [6, 6.07) is 9.99. The second kappa shape index (κ2) is 6.25. The van der Waals surface area contributed by atoms with Gasteiger partial charge in [-0.2, -0.15) is 10.5 Å². The molecule has 3 rings (SSSR count). The van der Waals surface area contributed by atoms with Crippen molar-refractivity contribution in [3.63, 3.8) is 0 Å². The van der Waals surface area contributed by atoms with E-state index < -0.39 is 0 Å². The smallest absolute Gasteiger partial charge is 0.270 e. The van der Waals surface area contributed by atoms with Gasteiger partial charge in [-0.25, -0.2) is 0 Å². The number of hydrogen-bond acceptors (Lipinski definition) is 5. The van der Waals surface area contributed by atoms with Crippen LogP contribution in [0.25, 0.3) is 10.9 Å². The van der Waals surface area contributed by atoms with Crippen LogP contribution in [0.15, 0.2) is 29.1 Å². The van der Waals surface area contributed by atoms with Crippen LogP contribution in [0.4, 0.5) is 5.69 Å². The molecule has 0 unspecified atom stereocenters. The maximum Gasteiger partial charge on any atom is 0.270 e. The zero-order valence-corrected chi connectivity index (χ0v) is 13.9. The van der Waals surface area contributed by atoms with Gasteiger partial charge >= 0.3 is 0 Å². The van der Waals surface area contributed by atoms with Gasteiger partial charge in [-0.1, -0.05) is 18.2 Å². The van der Waals surface area contributed by atoms with Crippen molar-refractivity contribution in [2.24, 2.45) is 7.05 Å². The Labute approximate surface area is 140 Å². The molecule has 0 amide bonds. The summed E-state index contributed by atoms with van der Waals surface area (Å²) in [5.74, 6) is 0. The molecule has 1 aromatic carbocycles. The first-order chi connectivity index (χ1) is 11.6. The lowest BCUT2D eigenvalue weighted by atomic mass is 10.0. The van der Waals surface area contributed by atoms with Gasteiger partial charge in [-0.3, -0.25) is 4.79 Å². The van der Waals surface area contributed by atoms with Gasteiger partial charge in [-0.05, 0) is 18.9 Å². The number of nitrogens with zero attached hydrogens (tertiary/aromatic N) is 5. The molecule has 1 fully saturated rings. The van der Waals surface area contributed by atoms with E-state index in [0.717, 1.165) is 42.5 Å². The van der Waals surface area contributed by atoms with E-state index in [0.29, 0.717) is 0 Å². The minimum atomic E-state index is -0.262. The molecule has 0 aliphatic carbocycles. The number of benzene rings is 1. The minimum absolute atomic E-state index is 0.197. The highest BCUT2D eigenvalue weighted by Crippen LogP contribution is 2.31. The topological polar surface area (TPSA) is 76.1 Å². The van der Waals surface area contributed by atoms with Gasteiger partial charge in [0.2, 0.25) is 0 Å². The molecule has 0 radical (unpaired) electrons. The maximum absolute atomic E-state index is 12.6. The van der Waals surface area contributed by atoms with Gasteiger partial charge in [0.1, 0.15) is 11.6 Å². The number of piperidine rings is 1. The third kappa shape index (κ3) is 2.47. The SMILES string of the molecule is CN(C#N)C1CCN(c2c(C#N)c(=O)n(C)c3ccccc23)CC1. The summed E-state index contributed by atoms with van der Waals surface area (Å²) in [4.78, 5) is 16.4. The first kappa shape index (κ1) is 15.9. The number of nitriles is 2. The standard InChI is InChI=1S/C18H19N5O/c1-21(12-20)13-7-9-23(10-8-13)17-14-5-3-4-6-16(14)22(2)18(24)15(17)11-19/h3-6,13H,7-10H2,1-2H3. The van der Waals surface area contributed by atoms with E-state index in [2.05, 4.69) is 17.2 Å². The second-order valence-electron chi connectivity index (χ2n) is 6.15. The van der Waals surface area contributed by atoms with Gasteiger partial charge in [0.05, 0.1) is 11.2 Å². The Morgan fingerprint density at radius 3 is 2.50 bits per heavy atom. The van der Waals surface area contributed by atoms with Crippen LogP contribution in [0.1, 0.15) is 18.4 Å². The molecule has 1 saturated heterocycles. The summed E-state index contributed by atoms with van der Waals surface area (Å²) in [6.45, 7) is 1.45. The Kier molecular flexibility index (Phi) is 4.14. The van der Waals surface area contributed by atoms with Crippen molar-refractivity contribution in [2.45, 2.75) is 18.9 Å². The Bertz CT molecular complexity index is 910. The fourth-order valence-electron chi connectivity index (χ4n) is 3.47. The van der Waals surface area contributed by atoms with Gasteiger partial charge < -0.3 is 14.4 Å². The number of aromatic nitrogens is 1. The molecule has 0 atom stereocenters. The number of para-hydroxylation sites is 1. The molecule has 0 N–H and O–H groups in total. The van der Waals surface area contributed by atoms with E-state index in [1.54, 1.807) is 19.0 Å². The highest BCUT2D eigenvalue weighted by atomic mass is 16.1. The van der Waals surface area contributed by atoms with Crippen LogP contribution in [0.3, 0.4) is 0 Å². The molecule has 1 aliphatic rings. The van der Waals surface area contributed by atoms with Crippen molar-refractivity contribution in [2.75, 3.05) is 25.0 Å². The number of pyridine rings is 1. The van der Waals surface area contributed by atoms with Gasteiger partial charge in [0, 0.05) is 38.6 Å². The van der Waals surface area contributed by atoms with Crippen LogP contribution in [-0.2, 0) is 7.05 Å². The molecule has 1 aliphatic heterocycles. The predicted molar refractivity (Wildman–Crippen MR) is 92.5 cm³/mol. The van der Waals surface area contributed by atoms with Crippen LogP contribution in [0.2, 0.25) is 0 Å². The van der Waals surface area contributed by atoms with Crippen molar-refractivity contribution >= 4 is 16.6 Å². The van der Waals surface area contributed by atoms with Crippen molar-refractivity contribution in [3.8, 4) is 12.3 Å². The molecule has 24 heavy (non-hydrogen) atoms. The molecule has 0 spiro atoms. The largest absolute Gasteiger partial charge is 0.370 e. The molecule has 2 aromatic rings. The molecule has 2 heterocycles. The molecule has 122 valence electrons. The summed E-state index contributed by atoms with van der Waals surface area (Å²) in [5, 5.41) is 19.5. The summed E-state index contributed by atoms with van der Waals surface area (Å²) in [5.41, 5.74) is 1.49. The molecular formula is C18H19N5O. The Balaban J connectivity index is 2.08. The fourth-order valence-corrected chi connectivity index (χ4v) is 3.47. The van der Waals surface area contributed by atoms with Crippen LogP contribution in [0, 0.1) is 22.8 Å². The van der Waals surface area contributed by atoms with Crippen molar-refractivity contribution in [1.82, 2.24) is 9.47 Å². The molecule has 0 saturated carbocycles. The van der Waals surface area contributed by atoms with E-state index >= 15 is 0 Å². The summed E-state index contributed by atoms with van der Waals surface area (Å²) in [7, 11) is 3.50. The lowest BCUT2D eigenvalue weighted by Crippen LogP contribution is -2.42. The number of anilines is 1. The molecule has 6 heteroatoms. The number of rotatable bonds is 2. The monoisotopic (exact) mass is 321 g/mol. The summed E-state index contributed by atoms with van der Waals surface area (Å²) >= 11 is 0. The Hall–Kier alpha value is -2.99. The minimum Gasteiger partial charge on any atom is -0.370 e. The van der Waals surface area contributed by atoms with Crippen molar-refractivity contribution in [1.29, 1.82) is 10.5 Å². The Morgan fingerprint density at radius 2 is 1.88 bits per heavy atom. The first-order valence-corrected chi connectivity index (χ1v) is 7.97. The molecular weight excluding hydrogens is 302 g/mol. The molecule has 6 nitrogen and oxygen atoms in total. The number of fused-ring (bicyclic) bond motifs is 1. The first-order valence-electron chi connectivity index (χ1n) is 7.97.